The van der Waals surface area contributed by atoms with E-state index in [0.717, 1.165) is 48.9 Å². The lowest BCUT2D eigenvalue weighted by Crippen LogP contribution is -2.55. The molecule has 3 fully saturated rings. The van der Waals surface area contributed by atoms with Gasteiger partial charge in [0.25, 0.3) is 5.91 Å². The molecule has 3 amide bonds. The number of carbonyl (C=O) groups is 2. The molecule has 6 rings (SSSR count). The van der Waals surface area contributed by atoms with Crippen molar-refractivity contribution in [1.82, 2.24) is 24.6 Å². The zero-order valence-electron chi connectivity index (χ0n) is 23.8. The lowest BCUT2D eigenvalue weighted by Gasteiger charge is -2.38. The molecule has 8 nitrogen and oxygen atoms in total. The molecule has 8 heteroatoms. The third kappa shape index (κ3) is 5.34. The van der Waals surface area contributed by atoms with E-state index >= 15 is 0 Å². The van der Waals surface area contributed by atoms with E-state index < -0.39 is 0 Å². The van der Waals surface area contributed by atoms with Gasteiger partial charge in [-0.05, 0) is 68.5 Å². The first-order valence-corrected chi connectivity index (χ1v) is 14.8. The number of hydrogen-bond donors (Lipinski definition) is 1. The number of urea groups is 1. The SMILES string of the molecule is Cc1cccc(C)c1C1CCN(Cc2c(C(=O)N3CCN(C(=O)N4CCOCC4)CC3)[nH]c3ccccc23)CC1. The minimum Gasteiger partial charge on any atom is -0.378 e. The molecule has 0 spiro atoms. The summed E-state index contributed by atoms with van der Waals surface area (Å²) in [5, 5.41) is 1.13. The Morgan fingerprint density at radius 3 is 2.12 bits per heavy atom. The molecule has 3 saturated heterocycles. The van der Waals surface area contributed by atoms with Gasteiger partial charge in [-0.2, -0.15) is 0 Å². The van der Waals surface area contributed by atoms with Gasteiger partial charge in [0, 0.05) is 62.3 Å². The van der Waals surface area contributed by atoms with Crippen LogP contribution in [-0.4, -0.2) is 102 Å². The molecule has 0 unspecified atom stereocenters. The first-order chi connectivity index (χ1) is 19.5. The number of benzene rings is 2. The zero-order chi connectivity index (χ0) is 27.6. The Hall–Kier alpha value is -3.36. The van der Waals surface area contributed by atoms with E-state index in [2.05, 4.69) is 60.1 Å². The normalized spacial score (nSPS) is 19.4. The van der Waals surface area contributed by atoms with Gasteiger partial charge in [0.05, 0.1) is 13.2 Å². The van der Waals surface area contributed by atoms with Crippen molar-refractivity contribution < 1.29 is 14.3 Å². The standard InChI is InChI=1S/C32H41N5O3/c1-23-6-5-7-24(2)29(23)25-10-12-34(13-11-25)22-27-26-8-3-4-9-28(26)33-30(27)31(38)35-14-16-36(17-15-35)32(39)37-18-20-40-21-19-37/h3-9,25,33H,10-22H2,1-2H3. The van der Waals surface area contributed by atoms with Crippen molar-refractivity contribution in [2.45, 2.75) is 39.2 Å². The highest BCUT2D eigenvalue weighted by molar-refractivity contribution is 6.01. The number of carbonyl (C=O) groups excluding carboxylic acids is 2. The number of aryl methyl sites for hydroxylation is 2. The van der Waals surface area contributed by atoms with Crippen LogP contribution in [0.25, 0.3) is 10.9 Å². The van der Waals surface area contributed by atoms with Gasteiger partial charge in [-0.1, -0.05) is 36.4 Å². The minimum absolute atomic E-state index is 0.0371. The number of fused-ring (bicyclic) bond motifs is 1. The molecule has 3 aromatic rings. The monoisotopic (exact) mass is 543 g/mol. The van der Waals surface area contributed by atoms with Crippen LogP contribution >= 0.6 is 0 Å². The third-order valence-corrected chi connectivity index (χ3v) is 9.07. The maximum absolute atomic E-state index is 13.9. The van der Waals surface area contributed by atoms with Crippen molar-refractivity contribution in [2.24, 2.45) is 0 Å². The molecule has 40 heavy (non-hydrogen) atoms. The van der Waals surface area contributed by atoms with Crippen LogP contribution in [-0.2, 0) is 11.3 Å². The van der Waals surface area contributed by atoms with Crippen LogP contribution in [0.4, 0.5) is 4.79 Å². The van der Waals surface area contributed by atoms with Crippen LogP contribution in [0.1, 0.15) is 51.5 Å². The molecule has 212 valence electrons. The molecule has 0 radical (unpaired) electrons. The highest BCUT2D eigenvalue weighted by atomic mass is 16.5. The van der Waals surface area contributed by atoms with Gasteiger partial charge in [0.1, 0.15) is 5.69 Å². The molecule has 2 aromatic carbocycles. The van der Waals surface area contributed by atoms with Gasteiger partial charge in [0.2, 0.25) is 0 Å². The second-order valence-corrected chi connectivity index (χ2v) is 11.5. The number of rotatable bonds is 4. The van der Waals surface area contributed by atoms with E-state index in [9.17, 15) is 9.59 Å². The van der Waals surface area contributed by atoms with Crippen LogP contribution in [0.5, 0.6) is 0 Å². The van der Waals surface area contributed by atoms with Gasteiger partial charge < -0.3 is 24.4 Å². The summed E-state index contributed by atoms with van der Waals surface area (Å²) in [6.45, 7) is 11.9. The number of piperidine rings is 1. The third-order valence-electron chi connectivity index (χ3n) is 9.07. The first-order valence-electron chi connectivity index (χ1n) is 14.8. The van der Waals surface area contributed by atoms with Crippen LogP contribution in [0.15, 0.2) is 42.5 Å². The first kappa shape index (κ1) is 26.8. The van der Waals surface area contributed by atoms with Gasteiger partial charge in [-0.15, -0.1) is 0 Å². The van der Waals surface area contributed by atoms with Crippen molar-refractivity contribution in [2.75, 3.05) is 65.6 Å². The lowest BCUT2D eigenvalue weighted by molar-refractivity contribution is 0.0361. The van der Waals surface area contributed by atoms with Crippen molar-refractivity contribution >= 4 is 22.8 Å². The summed E-state index contributed by atoms with van der Waals surface area (Å²) < 4.78 is 5.39. The molecule has 1 aromatic heterocycles. The molecule has 1 N–H and O–H groups in total. The molecule has 3 aliphatic rings. The number of ether oxygens (including phenoxy) is 1. The second kappa shape index (κ2) is 11.6. The molecule has 0 bridgehead atoms. The molecule has 0 atom stereocenters. The van der Waals surface area contributed by atoms with E-state index in [-0.39, 0.29) is 11.9 Å². The molecule has 0 saturated carbocycles. The van der Waals surface area contributed by atoms with E-state index in [1.807, 2.05) is 20.8 Å². The summed E-state index contributed by atoms with van der Waals surface area (Å²) in [6.07, 6.45) is 2.27. The molecular formula is C32H41N5O3. The number of piperazine rings is 1. The summed E-state index contributed by atoms with van der Waals surface area (Å²) >= 11 is 0. The number of hydrogen-bond acceptors (Lipinski definition) is 4. The van der Waals surface area contributed by atoms with Gasteiger partial charge in [-0.25, -0.2) is 4.79 Å². The minimum atomic E-state index is 0.0371. The Kier molecular flexibility index (Phi) is 7.80. The number of aromatic nitrogens is 1. The largest absolute Gasteiger partial charge is 0.378 e. The van der Waals surface area contributed by atoms with Crippen molar-refractivity contribution in [3.05, 3.63) is 70.4 Å². The number of amides is 3. The Bertz CT molecular complexity index is 1340. The van der Waals surface area contributed by atoms with Crippen LogP contribution in [0.2, 0.25) is 0 Å². The quantitative estimate of drug-likeness (QED) is 0.531. The van der Waals surface area contributed by atoms with Crippen molar-refractivity contribution in [1.29, 1.82) is 0 Å². The number of aromatic amines is 1. The summed E-state index contributed by atoms with van der Waals surface area (Å²) in [4.78, 5) is 38.4. The fraction of sp³-hybridized carbons (Fsp3) is 0.500. The summed E-state index contributed by atoms with van der Waals surface area (Å²) in [5.41, 5.74) is 7.12. The molecule has 0 aliphatic carbocycles. The van der Waals surface area contributed by atoms with Crippen LogP contribution in [0, 0.1) is 13.8 Å². The van der Waals surface area contributed by atoms with E-state index in [1.54, 1.807) is 0 Å². The van der Waals surface area contributed by atoms with Gasteiger partial charge >= 0.3 is 6.03 Å². The smallest absolute Gasteiger partial charge is 0.320 e. The summed E-state index contributed by atoms with van der Waals surface area (Å²) in [6, 6.07) is 14.9. The number of nitrogens with zero attached hydrogens (tertiary/aromatic N) is 4. The number of nitrogens with one attached hydrogen (secondary N) is 1. The second-order valence-electron chi connectivity index (χ2n) is 11.5. The van der Waals surface area contributed by atoms with Crippen LogP contribution < -0.4 is 0 Å². The summed E-state index contributed by atoms with van der Waals surface area (Å²) in [5.74, 6) is 0.632. The summed E-state index contributed by atoms with van der Waals surface area (Å²) in [7, 11) is 0. The van der Waals surface area contributed by atoms with E-state index in [4.69, 9.17) is 4.74 Å². The predicted octanol–water partition coefficient (Wildman–Crippen LogP) is 4.37. The van der Waals surface area contributed by atoms with Crippen LogP contribution in [0.3, 0.4) is 0 Å². The topological polar surface area (TPSA) is 72.1 Å². The average Bonchev–Trinajstić information content (AvgIpc) is 3.36. The van der Waals surface area contributed by atoms with Crippen molar-refractivity contribution in [3.8, 4) is 0 Å². The van der Waals surface area contributed by atoms with Crippen molar-refractivity contribution in [3.63, 3.8) is 0 Å². The van der Waals surface area contributed by atoms with Gasteiger partial charge in [0.15, 0.2) is 0 Å². The maximum atomic E-state index is 13.9. The average molecular weight is 544 g/mol. The molecule has 4 heterocycles. The fourth-order valence-corrected chi connectivity index (χ4v) is 6.84. The maximum Gasteiger partial charge on any atom is 0.320 e. The van der Waals surface area contributed by atoms with Gasteiger partial charge in [-0.3, -0.25) is 9.69 Å². The Balaban J connectivity index is 1.14. The zero-order valence-corrected chi connectivity index (χ0v) is 23.8. The number of morpholine rings is 1. The van der Waals surface area contributed by atoms with E-state index in [0.29, 0.717) is 64.1 Å². The highest BCUT2D eigenvalue weighted by Crippen LogP contribution is 2.34. The number of likely N-dealkylation sites (tertiary alicyclic amines) is 1. The lowest BCUT2D eigenvalue weighted by atomic mass is 9.84. The highest BCUT2D eigenvalue weighted by Gasteiger charge is 2.31. The predicted molar refractivity (Wildman–Crippen MR) is 157 cm³/mol. The fourth-order valence-electron chi connectivity index (χ4n) is 6.84. The Morgan fingerprint density at radius 2 is 1.43 bits per heavy atom. The Morgan fingerprint density at radius 1 is 0.800 bits per heavy atom. The Labute approximate surface area is 236 Å². The number of para-hydroxylation sites is 1. The molecule has 3 aliphatic heterocycles. The van der Waals surface area contributed by atoms with E-state index in [1.165, 1.54) is 16.7 Å². The number of H-pyrrole nitrogens is 1. The molecular weight excluding hydrogens is 502 g/mol.